The highest BCUT2D eigenvalue weighted by Gasteiger charge is 2.44. The van der Waals surface area contributed by atoms with Crippen molar-refractivity contribution >= 4 is 23.1 Å². The molecule has 210 valence electrons. The molecule has 2 aromatic rings. The van der Waals surface area contributed by atoms with Crippen LogP contribution in [0.15, 0.2) is 53.7 Å². The van der Waals surface area contributed by atoms with E-state index in [1.807, 2.05) is 47.4 Å². The molecule has 2 atom stereocenters. The number of nitrogens with zero attached hydrogens (tertiary/aromatic N) is 1. The van der Waals surface area contributed by atoms with Gasteiger partial charge in [-0.1, -0.05) is 65.7 Å². The molecular weight excluding hydrogens is 488 g/mol. The fourth-order valence-corrected chi connectivity index (χ4v) is 5.88. The molecule has 2 aromatic carbocycles. The zero-order valence-electron chi connectivity index (χ0n) is 24.4. The molecule has 0 aromatic heterocycles. The van der Waals surface area contributed by atoms with Gasteiger partial charge in [-0.2, -0.15) is 0 Å². The van der Waals surface area contributed by atoms with Crippen LogP contribution in [0.3, 0.4) is 0 Å². The molecule has 4 rings (SSSR count). The van der Waals surface area contributed by atoms with Crippen molar-refractivity contribution in [3.05, 3.63) is 59.3 Å². The van der Waals surface area contributed by atoms with Gasteiger partial charge in [0.2, 0.25) is 5.91 Å². The van der Waals surface area contributed by atoms with Crippen LogP contribution in [0.2, 0.25) is 0 Å². The number of unbranched alkanes of at least 4 members (excludes halogenated alkanes) is 1. The lowest BCUT2D eigenvalue weighted by Gasteiger charge is -2.38. The van der Waals surface area contributed by atoms with Crippen molar-refractivity contribution in [3.8, 4) is 11.5 Å². The van der Waals surface area contributed by atoms with Gasteiger partial charge in [0.05, 0.1) is 31.1 Å². The third kappa shape index (κ3) is 6.00. The second-order valence-electron chi connectivity index (χ2n) is 11.6. The number of methoxy groups -OCH3 is 1. The average Bonchev–Trinajstić information content (AvgIpc) is 3.05. The Morgan fingerprint density at radius 2 is 1.85 bits per heavy atom. The lowest BCUT2D eigenvalue weighted by molar-refractivity contribution is -0.123. The molecule has 2 unspecified atom stereocenters. The Morgan fingerprint density at radius 3 is 2.54 bits per heavy atom. The number of para-hydroxylation sites is 2. The van der Waals surface area contributed by atoms with Crippen LogP contribution in [0.25, 0.3) is 0 Å². The average molecular weight is 533 g/mol. The van der Waals surface area contributed by atoms with Gasteiger partial charge in [0.25, 0.3) is 0 Å². The van der Waals surface area contributed by atoms with E-state index in [1.165, 1.54) is 0 Å². The third-order valence-electron chi connectivity index (χ3n) is 7.85. The standard InChI is InChI=1S/C33H44N2O4/c1-7-10-13-22(9-3)32(37)35-26-15-12-11-14-24(26)34-25-20-33(4,5)21-27(36)30(25)31(35)23-16-17-28(39-18-8-2)29(19-23)38-6/h11-12,14-17,19,22,31,34H,7-10,13,18,20-21H2,1-6H3. The van der Waals surface area contributed by atoms with Crippen LogP contribution in [0, 0.1) is 11.3 Å². The van der Waals surface area contributed by atoms with Crippen LogP contribution in [0.4, 0.5) is 11.4 Å². The molecular formula is C33H44N2O4. The third-order valence-corrected chi connectivity index (χ3v) is 7.85. The van der Waals surface area contributed by atoms with Crippen molar-refractivity contribution < 1.29 is 19.1 Å². The molecule has 0 spiro atoms. The molecule has 1 amide bonds. The Labute approximate surface area is 233 Å². The summed E-state index contributed by atoms with van der Waals surface area (Å²) in [6.07, 6.45) is 5.63. The Hall–Kier alpha value is -3.28. The monoisotopic (exact) mass is 532 g/mol. The van der Waals surface area contributed by atoms with Crippen LogP contribution in [0.1, 0.15) is 91.2 Å². The number of Topliss-reactive ketones (excluding diaryl/α,β-unsaturated/α-hetero) is 1. The second-order valence-corrected chi connectivity index (χ2v) is 11.6. The quantitative estimate of drug-likeness (QED) is 0.338. The van der Waals surface area contributed by atoms with Crippen LogP contribution in [0.5, 0.6) is 11.5 Å². The first kappa shape index (κ1) is 28.7. The summed E-state index contributed by atoms with van der Waals surface area (Å²) in [6, 6.07) is 13.2. The maximum absolute atomic E-state index is 14.5. The summed E-state index contributed by atoms with van der Waals surface area (Å²) in [7, 11) is 1.63. The van der Waals surface area contributed by atoms with E-state index in [2.05, 4.69) is 39.9 Å². The fraction of sp³-hybridized carbons (Fsp3) is 0.515. The van der Waals surface area contributed by atoms with E-state index in [4.69, 9.17) is 9.47 Å². The number of amides is 1. The number of hydrogen-bond donors (Lipinski definition) is 1. The molecule has 1 aliphatic heterocycles. The summed E-state index contributed by atoms with van der Waals surface area (Å²) in [5.74, 6) is 1.26. The molecule has 39 heavy (non-hydrogen) atoms. The zero-order valence-corrected chi connectivity index (χ0v) is 24.4. The van der Waals surface area contributed by atoms with E-state index in [9.17, 15) is 9.59 Å². The summed E-state index contributed by atoms with van der Waals surface area (Å²) in [5, 5.41) is 3.61. The number of rotatable bonds is 10. The summed E-state index contributed by atoms with van der Waals surface area (Å²) in [4.78, 5) is 30.4. The molecule has 1 aliphatic carbocycles. The molecule has 0 saturated carbocycles. The van der Waals surface area contributed by atoms with Gasteiger partial charge in [-0.05, 0) is 60.9 Å². The Bertz CT molecular complexity index is 1230. The first-order chi connectivity index (χ1) is 18.7. The maximum atomic E-state index is 14.5. The Balaban J connectivity index is 1.96. The van der Waals surface area contributed by atoms with E-state index in [-0.39, 0.29) is 23.0 Å². The minimum Gasteiger partial charge on any atom is -0.493 e. The number of nitrogens with one attached hydrogen (secondary N) is 1. The predicted octanol–water partition coefficient (Wildman–Crippen LogP) is 7.84. The molecule has 6 heteroatoms. The van der Waals surface area contributed by atoms with Crippen molar-refractivity contribution in [3.63, 3.8) is 0 Å². The lowest BCUT2D eigenvalue weighted by atomic mass is 9.73. The topological polar surface area (TPSA) is 67.9 Å². The van der Waals surface area contributed by atoms with Gasteiger partial charge in [0.1, 0.15) is 0 Å². The van der Waals surface area contributed by atoms with E-state index in [0.29, 0.717) is 30.1 Å². The van der Waals surface area contributed by atoms with E-state index >= 15 is 0 Å². The first-order valence-corrected chi connectivity index (χ1v) is 14.5. The van der Waals surface area contributed by atoms with Gasteiger partial charge in [-0.25, -0.2) is 0 Å². The number of carbonyl (C=O) groups is 2. The van der Waals surface area contributed by atoms with Gasteiger partial charge in [0.15, 0.2) is 17.3 Å². The molecule has 0 saturated heterocycles. The number of ketones is 1. The van der Waals surface area contributed by atoms with Gasteiger partial charge < -0.3 is 14.8 Å². The SMILES string of the molecule is CCCCC(CC)C(=O)N1c2ccccc2NC2=C(C(=O)CC(C)(C)C2)C1c1ccc(OCCC)c(OC)c1. The normalized spacial score (nSPS) is 19.0. The van der Waals surface area contributed by atoms with Crippen LogP contribution in [-0.4, -0.2) is 25.4 Å². The Kier molecular flexibility index (Phi) is 9.04. The van der Waals surface area contributed by atoms with Gasteiger partial charge in [0, 0.05) is 23.6 Å². The van der Waals surface area contributed by atoms with Crippen molar-refractivity contribution in [1.82, 2.24) is 0 Å². The van der Waals surface area contributed by atoms with Gasteiger partial charge in [-0.15, -0.1) is 0 Å². The maximum Gasteiger partial charge on any atom is 0.231 e. The molecule has 1 N–H and O–H groups in total. The number of allylic oxidation sites excluding steroid dienone is 1. The smallest absolute Gasteiger partial charge is 0.231 e. The highest BCUT2D eigenvalue weighted by Crippen LogP contribution is 2.49. The molecule has 2 aliphatic rings. The van der Waals surface area contributed by atoms with Crippen LogP contribution < -0.4 is 19.7 Å². The first-order valence-electron chi connectivity index (χ1n) is 14.5. The van der Waals surface area contributed by atoms with Gasteiger partial charge in [-0.3, -0.25) is 14.5 Å². The Morgan fingerprint density at radius 1 is 1.08 bits per heavy atom. The minimum atomic E-state index is -0.572. The predicted molar refractivity (Wildman–Crippen MR) is 157 cm³/mol. The molecule has 1 heterocycles. The number of fused-ring (bicyclic) bond motifs is 1. The van der Waals surface area contributed by atoms with E-state index < -0.39 is 6.04 Å². The van der Waals surface area contributed by atoms with E-state index in [0.717, 1.165) is 61.2 Å². The number of carbonyl (C=O) groups excluding carboxylic acids is 2. The fourth-order valence-electron chi connectivity index (χ4n) is 5.88. The van der Waals surface area contributed by atoms with Crippen molar-refractivity contribution in [2.45, 2.75) is 85.6 Å². The largest absolute Gasteiger partial charge is 0.493 e. The van der Waals surface area contributed by atoms with Crippen molar-refractivity contribution in [2.75, 3.05) is 23.9 Å². The van der Waals surface area contributed by atoms with Crippen LogP contribution in [-0.2, 0) is 9.59 Å². The molecule has 0 radical (unpaired) electrons. The number of hydrogen-bond acceptors (Lipinski definition) is 5. The van der Waals surface area contributed by atoms with E-state index in [1.54, 1.807) is 7.11 Å². The number of anilines is 2. The van der Waals surface area contributed by atoms with Gasteiger partial charge >= 0.3 is 0 Å². The summed E-state index contributed by atoms with van der Waals surface area (Å²) in [6.45, 7) is 11.1. The summed E-state index contributed by atoms with van der Waals surface area (Å²) >= 11 is 0. The zero-order chi connectivity index (χ0) is 28.2. The number of ether oxygens (including phenoxy) is 2. The molecule has 0 bridgehead atoms. The summed E-state index contributed by atoms with van der Waals surface area (Å²) in [5.41, 5.74) is 3.89. The minimum absolute atomic E-state index is 0.0573. The van der Waals surface area contributed by atoms with Crippen molar-refractivity contribution in [2.24, 2.45) is 11.3 Å². The highest BCUT2D eigenvalue weighted by molar-refractivity contribution is 6.07. The highest BCUT2D eigenvalue weighted by atomic mass is 16.5. The second kappa shape index (κ2) is 12.3. The molecule has 6 nitrogen and oxygen atoms in total. The number of benzene rings is 2. The summed E-state index contributed by atoms with van der Waals surface area (Å²) < 4.78 is 11.7. The molecule has 0 fully saturated rings. The lowest BCUT2D eigenvalue weighted by Crippen LogP contribution is -2.42. The van der Waals surface area contributed by atoms with Crippen molar-refractivity contribution in [1.29, 1.82) is 0 Å². The van der Waals surface area contributed by atoms with Crippen LogP contribution >= 0.6 is 0 Å².